The molecular weight excluding hydrogens is 550 g/mol. The Morgan fingerprint density at radius 3 is 1.73 bits per heavy atom. The van der Waals surface area contributed by atoms with Crippen molar-refractivity contribution in [1.82, 2.24) is 15.1 Å². The van der Waals surface area contributed by atoms with Gasteiger partial charge < -0.3 is 15.0 Å². The first kappa shape index (κ1) is 31.5. The molecule has 2 amide bonds. The number of nitrogens with one attached hydrogen (secondary N) is 1. The summed E-state index contributed by atoms with van der Waals surface area (Å²) >= 11 is 0. The van der Waals surface area contributed by atoms with Gasteiger partial charge in [0.25, 0.3) is 0 Å². The van der Waals surface area contributed by atoms with Gasteiger partial charge in [-0.15, -0.1) is 0 Å². The third kappa shape index (κ3) is 6.03. The van der Waals surface area contributed by atoms with Crippen molar-refractivity contribution in [2.75, 3.05) is 6.54 Å². The summed E-state index contributed by atoms with van der Waals surface area (Å²) in [7, 11) is 0. The van der Waals surface area contributed by atoms with Crippen LogP contribution in [-0.4, -0.2) is 63.9 Å². The molecule has 2 aliphatic heterocycles. The molecular formula is C37H45N3O4. The lowest BCUT2D eigenvalue weighted by atomic mass is 9.76. The number of amides is 2. The topological polar surface area (TPSA) is 78.7 Å². The van der Waals surface area contributed by atoms with E-state index in [1.165, 1.54) is 0 Å². The lowest BCUT2D eigenvalue weighted by molar-refractivity contribution is -0.163. The van der Waals surface area contributed by atoms with Crippen molar-refractivity contribution in [3.05, 3.63) is 108 Å². The molecule has 3 aromatic carbocycles. The summed E-state index contributed by atoms with van der Waals surface area (Å²) in [5, 5.41) is 3.13. The minimum absolute atomic E-state index is 0.0974. The Bertz CT molecular complexity index is 1360. The second kappa shape index (κ2) is 12.6. The Morgan fingerprint density at radius 1 is 0.818 bits per heavy atom. The fourth-order valence-corrected chi connectivity index (χ4v) is 6.77. The molecule has 1 N–H and O–H groups in total. The third-order valence-corrected chi connectivity index (χ3v) is 8.78. The molecule has 7 heteroatoms. The van der Waals surface area contributed by atoms with Gasteiger partial charge in [-0.3, -0.25) is 14.5 Å². The molecule has 0 aliphatic carbocycles. The minimum Gasteiger partial charge on any atom is -0.458 e. The summed E-state index contributed by atoms with van der Waals surface area (Å²) in [6, 6.07) is 28.9. The Morgan fingerprint density at radius 2 is 1.30 bits per heavy atom. The van der Waals surface area contributed by atoms with Gasteiger partial charge in [-0.25, -0.2) is 4.79 Å². The quantitative estimate of drug-likeness (QED) is 0.200. The Balaban J connectivity index is 1.46. The molecule has 44 heavy (non-hydrogen) atoms. The molecule has 0 aromatic heterocycles. The number of carbonyl (C=O) groups excluding carboxylic acids is 3. The van der Waals surface area contributed by atoms with E-state index in [4.69, 9.17) is 4.74 Å². The van der Waals surface area contributed by atoms with Gasteiger partial charge >= 0.3 is 5.97 Å². The number of hydrogen-bond donors (Lipinski definition) is 1. The predicted molar refractivity (Wildman–Crippen MR) is 172 cm³/mol. The highest BCUT2D eigenvalue weighted by molar-refractivity contribution is 5.94. The highest BCUT2D eigenvalue weighted by atomic mass is 16.6. The average Bonchev–Trinajstić information content (AvgIpc) is 3.42. The third-order valence-electron chi connectivity index (χ3n) is 8.78. The number of rotatable bonds is 9. The zero-order valence-corrected chi connectivity index (χ0v) is 26.7. The van der Waals surface area contributed by atoms with Crippen LogP contribution in [0.5, 0.6) is 0 Å². The fraction of sp³-hybridized carbons (Fsp3) is 0.432. The number of hydrogen-bond acceptors (Lipinski definition) is 5. The SMILES string of the molecule is CC(C)[C@@H](NC(=O)C1C(C)N1C(c1ccccc1)(c1ccccc1)c1ccccc1)C(=O)N1CCC[C@H]1C(=O)OC(C)(C)C. The maximum Gasteiger partial charge on any atom is 0.329 e. The summed E-state index contributed by atoms with van der Waals surface area (Å²) in [5.74, 6) is -0.986. The number of likely N-dealkylation sites (tertiary alicyclic amines) is 1. The van der Waals surface area contributed by atoms with Gasteiger partial charge in [0.15, 0.2) is 0 Å². The average molecular weight is 596 g/mol. The maximum atomic E-state index is 14.2. The second-order valence-electron chi connectivity index (χ2n) is 13.4. The Labute approximate surface area is 261 Å². The van der Waals surface area contributed by atoms with E-state index >= 15 is 0 Å². The van der Waals surface area contributed by atoms with Crippen LogP contribution in [0.15, 0.2) is 91.0 Å². The highest BCUT2D eigenvalue weighted by Crippen LogP contribution is 2.51. The molecule has 5 rings (SSSR count). The van der Waals surface area contributed by atoms with Crippen molar-refractivity contribution in [3.63, 3.8) is 0 Å². The van der Waals surface area contributed by atoms with E-state index < -0.39 is 35.2 Å². The van der Waals surface area contributed by atoms with Crippen molar-refractivity contribution < 1.29 is 19.1 Å². The smallest absolute Gasteiger partial charge is 0.329 e. The van der Waals surface area contributed by atoms with Gasteiger partial charge in [-0.05, 0) is 63.1 Å². The van der Waals surface area contributed by atoms with Crippen molar-refractivity contribution in [2.24, 2.45) is 5.92 Å². The van der Waals surface area contributed by atoms with Crippen molar-refractivity contribution in [3.8, 4) is 0 Å². The van der Waals surface area contributed by atoms with E-state index in [0.29, 0.717) is 13.0 Å². The molecule has 0 spiro atoms. The van der Waals surface area contributed by atoms with Gasteiger partial charge in [-0.2, -0.15) is 0 Å². The normalized spacial score (nSPS) is 22.4. The van der Waals surface area contributed by atoms with E-state index in [1.807, 2.05) is 89.2 Å². The fourth-order valence-electron chi connectivity index (χ4n) is 6.77. The summed E-state index contributed by atoms with van der Waals surface area (Å²) < 4.78 is 5.64. The van der Waals surface area contributed by atoms with Crippen molar-refractivity contribution >= 4 is 17.8 Å². The standard InChI is InChI=1S/C37H45N3O4/c1-25(2)31(34(42)39-24-16-23-30(39)35(43)44-36(4,5)6)38-33(41)32-26(3)40(32)37(27-17-10-7-11-18-27,28-19-12-8-13-20-28)29-21-14-9-15-22-29/h7-15,17-22,25-26,30-32H,16,23-24H2,1-6H3,(H,38,41)/t26?,30-,31+,32?,40?/m0/s1. The summed E-state index contributed by atoms with van der Waals surface area (Å²) in [6.07, 6.45) is 1.27. The van der Waals surface area contributed by atoms with Gasteiger partial charge in [-0.1, -0.05) is 105 Å². The van der Waals surface area contributed by atoms with Gasteiger partial charge in [0.1, 0.15) is 23.7 Å². The van der Waals surface area contributed by atoms with Crippen LogP contribution >= 0.6 is 0 Å². The monoisotopic (exact) mass is 595 g/mol. The zero-order chi connectivity index (χ0) is 31.6. The van der Waals surface area contributed by atoms with Gasteiger partial charge in [0, 0.05) is 12.6 Å². The molecule has 3 unspecified atom stereocenters. The van der Waals surface area contributed by atoms with Gasteiger partial charge in [0.05, 0.1) is 5.54 Å². The van der Waals surface area contributed by atoms with Crippen molar-refractivity contribution in [1.29, 1.82) is 0 Å². The van der Waals surface area contributed by atoms with Crippen LogP contribution in [0.3, 0.4) is 0 Å². The lowest BCUT2D eigenvalue weighted by Crippen LogP contribution is -2.55. The van der Waals surface area contributed by atoms with E-state index in [0.717, 1.165) is 23.1 Å². The molecule has 2 saturated heterocycles. The molecule has 2 fully saturated rings. The van der Waals surface area contributed by atoms with E-state index in [9.17, 15) is 14.4 Å². The molecule has 5 atom stereocenters. The van der Waals surface area contributed by atoms with Crippen LogP contribution in [0, 0.1) is 5.92 Å². The number of benzene rings is 3. The first-order valence-corrected chi connectivity index (χ1v) is 15.8. The predicted octanol–water partition coefficient (Wildman–Crippen LogP) is 5.52. The molecule has 7 nitrogen and oxygen atoms in total. The molecule has 2 heterocycles. The Hall–Kier alpha value is -3.97. The lowest BCUT2D eigenvalue weighted by Gasteiger charge is -2.38. The molecule has 232 valence electrons. The Kier molecular flexibility index (Phi) is 8.98. The first-order valence-electron chi connectivity index (χ1n) is 15.8. The zero-order valence-electron chi connectivity index (χ0n) is 26.7. The molecule has 0 saturated carbocycles. The summed E-state index contributed by atoms with van der Waals surface area (Å²) in [5.41, 5.74) is 1.82. The van der Waals surface area contributed by atoms with E-state index in [1.54, 1.807) is 4.90 Å². The highest BCUT2D eigenvalue weighted by Gasteiger charge is 2.61. The number of carbonyl (C=O) groups is 3. The second-order valence-corrected chi connectivity index (χ2v) is 13.4. The maximum absolute atomic E-state index is 14.2. The summed E-state index contributed by atoms with van der Waals surface area (Å²) in [4.78, 5) is 45.0. The van der Waals surface area contributed by atoms with Crippen LogP contribution in [0.2, 0.25) is 0 Å². The molecule has 0 bridgehead atoms. The van der Waals surface area contributed by atoms with Crippen LogP contribution in [0.4, 0.5) is 0 Å². The minimum atomic E-state index is -0.764. The van der Waals surface area contributed by atoms with E-state index in [-0.39, 0.29) is 23.8 Å². The van der Waals surface area contributed by atoms with Crippen LogP contribution in [0.25, 0.3) is 0 Å². The number of nitrogens with zero attached hydrogens (tertiary/aromatic N) is 2. The van der Waals surface area contributed by atoms with Crippen LogP contribution in [0.1, 0.15) is 71.1 Å². The van der Waals surface area contributed by atoms with Crippen LogP contribution < -0.4 is 5.32 Å². The number of ether oxygens (including phenoxy) is 1. The van der Waals surface area contributed by atoms with Gasteiger partial charge in [0.2, 0.25) is 11.8 Å². The summed E-state index contributed by atoms with van der Waals surface area (Å²) in [6.45, 7) is 11.9. The van der Waals surface area contributed by atoms with E-state index in [2.05, 4.69) is 53.5 Å². The molecule has 2 aliphatic rings. The first-order chi connectivity index (χ1) is 21.0. The largest absolute Gasteiger partial charge is 0.458 e. The molecule has 0 radical (unpaired) electrons. The number of esters is 1. The molecule has 3 aromatic rings. The van der Waals surface area contributed by atoms with Crippen molar-refractivity contribution in [2.45, 2.75) is 89.7 Å². The van der Waals surface area contributed by atoms with Crippen LogP contribution in [-0.2, 0) is 24.7 Å².